The van der Waals surface area contributed by atoms with E-state index < -0.39 is 0 Å². The number of nitrogens with one attached hydrogen (secondary N) is 1. The lowest BCUT2D eigenvalue weighted by Crippen LogP contribution is -2.45. The van der Waals surface area contributed by atoms with Crippen LogP contribution in [0.15, 0.2) is 0 Å². The Balaban J connectivity index is 1.71. The Labute approximate surface area is 129 Å². The summed E-state index contributed by atoms with van der Waals surface area (Å²) < 4.78 is 0. The largest absolute Gasteiger partial charge is 0.325 e. The van der Waals surface area contributed by atoms with Gasteiger partial charge in [-0.2, -0.15) is 0 Å². The van der Waals surface area contributed by atoms with Crippen LogP contribution in [0.5, 0.6) is 0 Å². The molecule has 1 saturated carbocycles. The van der Waals surface area contributed by atoms with Crippen LogP contribution in [-0.2, 0) is 4.79 Å². The van der Waals surface area contributed by atoms with E-state index >= 15 is 0 Å². The molecule has 3 atom stereocenters. The van der Waals surface area contributed by atoms with E-state index in [0.717, 1.165) is 13.1 Å². The number of hydrogen-bond acceptors (Lipinski definition) is 3. The molecule has 0 radical (unpaired) electrons. The van der Waals surface area contributed by atoms with Crippen molar-refractivity contribution in [2.24, 2.45) is 17.8 Å². The van der Waals surface area contributed by atoms with Crippen molar-refractivity contribution in [2.75, 3.05) is 26.7 Å². The molecule has 3 unspecified atom stereocenters. The molecule has 3 aliphatic rings. The van der Waals surface area contributed by atoms with Crippen LogP contribution in [0.3, 0.4) is 0 Å². The molecule has 0 spiro atoms. The van der Waals surface area contributed by atoms with E-state index in [1.54, 1.807) is 0 Å². The second-order valence-electron chi connectivity index (χ2n) is 7.79. The Morgan fingerprint density at radius 2 is 1.95 bits per heavy atom. The van der Waals surface area contributed by atoms with Crippen molar-refractivity contribution < 1.29 is 4.79 Å². The first-order chi connectivity index (χ1) is 10.1. The lowest BCUT2D eigenvalue weighted by Gasteiger charge is -2.31. The van der Waals surface area contributed by atoms with Gasteiger partial charge in [-0.25, -0.2) is 0 Å². The highest BCUT2D eigenvalue weighted by Crippen LogP contribution is 2.34. The first-order valence-electron chi connectivity index (χ1n) is 8.81. The summed E-state index contributed by atoms with van der Waals surface area (Å²) in [5.74, 6) is 2.08. The maximum Gasteiger partial charge on any atom is 0.241 e. The van der Waals surface area contributed by atoms with E-state index in [2.05, 4.69) is 36.0 Å². The Bertz CT molecular complexity index is 378. The number of hydrogen-bond donors (Lipinski definition) is 1. The molecule has 4 heteroatoms. The molecule has 1 amide bonds. The fourth-order valence-electron chi connectivity index (χ4n) is 4.46. The van der Waals surface area contributed by atoms with Crippen LogP contribution >= 0.6 is 0 Å². The van der Waals surface area contributed by atoms with Crippen LogP contribution < -0.4 is 5.32 Å². The van der Waals surface area contributed by atoms with E-state index in [1.807, 2.05) is 0 Å². The molecular weight excluding hydrogens is 262 g/mol. The van der Waals surface area contributed by atoms with E-state index in [0.29, 0.717) is 29.8 Å². The van der Waals surface area contributed by atoms with Crippen molar-refractivity contribution in [1.29, 1.82) is 0 Å². The Hall–Kier alpha value is -0.610. The van der Waals surface area contributed by atoms with Crippen LogP contribution in [-0.4, -0.2) is 54.6 Å². The minimum Gasteiger partial charge on any atom is -0.325 e. The molecule has 120 valence electrons. The molecule has 0 aromatic rings. The molecular formula is C17H31N3O. The number of likely N-dealkylation sites (tertiary alicyclic amines) is 1. The summed E-state index contributed by atoms with van der Waals surface area (Å²) >= 11 is 0. The van der Waals surface area contributed by atoms with Crippen molar-refractivity contribution in [3.63, 3.8) is 0 Å². The average molecular weight is 293 g/mol. The summed E-state index contributed by atoms with van der Waals surface area (Å²) in [5, 5.41) is 3.68. The number of amides is 1. The van der Waals surface area contributed by atoms with Crippen molar-refractivity contribution in [2.45, 2.75) is 58.2 Å². The summed E-state index contributed by atoms with van der Waals surface area (Å²) in [6.07, 6.45) is 6.79. The maximum atomic E-state index is 12.8. The highest BCUT2D eigenvalue weighted by molar-refractivity contribution is 5.84. The van der Waals surface area contributed by atoms with Gasteiger partial charge in [0.05, 0.1) is 12.2 Å². The summed E-state index contributed by atoms with van der Waals surface area (Å²) in [4.78, 5) is 17.4. The maximum absolute atomic E-state index is 12.8. The van der Waals surface area contributed by atoms with Gasteiger partial charge in [0.15, 0.2) is 0 Å². The number of rotatable bonds is 4. The third kappa shape index (κ3) is 3.11. The zero-order valence-corrected chi connectivity index (χ0v) is 13.8. The first-order valence-corrected chi connectivity index (χ1v) is 8.81. The van der Waals surface area contributed by atoms with Gasteiger partial charge in [0.25, 0.3) is 0 Å². The lowest BCUT2D eigenvalue weighted by molar-refractivity contribution is -0.131. The second-order valence-corrected chi connectivity index (χ2v) is 7.79. The van der Waals surface area contributed by atoms with Gasteiger partial charge >= 0.3 is 0 Å². The molecule has 2 saturated heterocycles. The van der Waals surface area contributed by atoms with Crippen LogP contribution in [0.25, 0.3) is 0 Å². The van der Waals surface area contributed by atoms with Crippen LogP contribution in [0, 0.1) is 17.8 Å². The van der Waals surface area contributed by atoms with E-state index in [9.17, 15) is 4.79 Å². The molecule has 21 heavy (non-hydrogen) atoms. The van der Waals surface area contributed by atoms with Crippen LogP contribution in [0.1, 0.15) is 46.0 Å². The molecule has 4 nitrogen and oxygen atoms in total. The zero-order valence-electron chi connectivity index (χ0n) is 13.8. The van der Waals surface area contributed by atoms with Gasteiger partial charge in [-0.3, -0.25) is 10.1 Å². The summed E-state index contributed by atoms with van der Waals surface area (Å²) in [5.41, 5.74) is 0. The van der Waals surface area contributed by atoms with E-state index in [-0.39, 0.29) is 6.04 Å². The van der Waals surface area contributed by atoms with Crippen molar-refractivity contribution in [1.82, 2.24) is 15.1 Å². The molecule has 0 bridgehead atoms. The predicted molar refractivity (Wildman–Crippen MR) is 84.8 cm³/mol. The molecule has 2 heterocycles. The molecule has 0 aromatic heterocycles. The second kappa shape index (κ2) is 6.25. The zero-order chi connectivity index (χ0) is 15.0. The highest BCUT2D eigenvalue weighted by Gasteiger charge is 2.45. The Kier molecular flexibility index (Phi) is 4.55. The van der Waals surface area contributed by atoms with Gasteiger partial charge in [0.1, 0.15) is 0 Å². The van der Waals surface area contributed by atoms with Gasteiger partial charge < -0.3 is 9.80 Å². The van der Waals surface area contributed by atoms with Crippen LogP contribution in [0.4, 0.5) is 0 Å². The monoisotopic (exact) mass is 293 g/mol. The summed E-state index contributed by atoms with van der Waals surface area (Å²) in [6, 6.07) is 0.0368. The van der Waals surface area contributed by atoms with Gasteiger partial charge in [0, 0.05) is 13.1 Å². The summed E-state index contributed by atoms with van der Waals surface area (Å²) in [6.45, 7) is 7.61. The van der Waals surface area contributed by atoms with Crippen molar-refractivity contribution in [3.05, 3.63) is 0 Å². The number of nitrogens with zero attached hydrogens (tertiary/aromatic N) is 2. The fourth-order valence-corrected chi connectivity index (χ4v) is 4.46. The van der Waals surface area contributed by atoms with Gasteiger partial charge in [-0.15, -0.1) is 0 Å². The fraction of sp³-hybridized carbons (Fsp3) is 0.941. The molecule has 0 aromatic carbocycles. The van der Waals surface area contributed by atoms with Crippen LogP contribution in [0.2, 0.25) is 0 Å². The van der Waals surface area contributed by atoms with Crippen molar-refractivity contribution in [3.8, 4) is 0 Å². The third-order valence-electron chi connectivity index (χ3n) is 5.69. The Morgan fingerprint density at radius 3 is 2.52 bits per heavy atom. The van der Waals surface area contributed by atoms with Gasteiger partial charge in [-0.05, 0) is 50.6 Å². The molecule has 1 aliphatic carbocycles. The van der Waals surface area contributed by atoms with E-state index in [1.165, 1.54) is 38.6 Å². The number of carbonyl (C=O) groups excluding carboxylic acids is 1. The molecule has 3 rings (SSSR count). The SMILES string of the molecule is CC(C)C1NC(C2CCCC2)N(CC2CCN(C)C2)C1=O. The lowest BCUT2D eigenvalue weighted by atomic mass is 10.0. The quantitative estimate of drug-likeness (QED) is 0.860. The van der Waals surface area contributed by atoms with Gasteiger partial charge in [0.2, 0.25) is 5.91 Å². The van der Waals surface area contributed by atoms with Crippen molar-refractivity contribution >= 4 is 5.91 Å². The third-order valence-corrected chi connectivity index (χ3v) is 5.69. The standard InChI is InChI=1S/C17H31N3O/c1-12(2)15-17(21)20(11-13-8-9-19(3)10-13)16(18-15)14-6-4-5-7-14/h12-16,18H,4-11H2,1-3H3. The highest BCUT2D eigenvalue weighted by atomic mass is 16.2. The molecule has 1 N–H and O–H groups in total. The summed E-state index contributed by atoms with van der Waals surface area (Å²) in [7, 11) is 2.19. The number of carbonyl (C=O) groups is 1. The Morgan fingerprint density at radius 1 is 1.24 bits per heavy atom. The predicted octanol–water partition coefficient (Wildman–Crippen LogP) is 1.91. The first kappa shape index (κ1) is 15.3. The molecule has 2 aliphatic heterocycles. The van der Waals surface area contributed by atoms with E-state index in [4.69, 9.17) is 0 Å². The topological polar surface area (TPSA) is 35.6 Å². The average Bonchev–Trinajstić information content (AvgIpc) is 3.13. The van der Waals surface area contributed by atoms with Gasteiger partial charge in [-0.1, -0.05) is 26.7 Å². The molecule has 3 fully saturated rings. The minimum atomic E-state index is 0.0368. The minimum absolute atomic E-state index is 0.0368. The smallest absolute Gasteiger partial charge is 0.241 e. The normalized spacial score (nSPS) is 35.5.